The Bertz CT molecular complexity index is 1210. The lowest BCUT2D eigenvalue weighted by atomic mass is 10.0. The molecule has 2 aromatic carbocycles. The fraction of sp³-hybridized carbons (Fsp3) is 0.217. The van der Waals surface area contributed by atoms with E-state index in [9.17, 15) is 22.4 Å². The molecule has 5 nitrogen and oxygen atoms in total. The van der Waals surface area contributed by atoms with E-state index in [1.54, 1.807) is 30.9 Å². The topological polar surface area (TPSA) is 45.7 Å². The van der Waals surface area contributed by atoms with Crippen molar-refractivity contribution < 1.29 is 27.1 Å². The third kappa shape index (κ3) is 3.74. The normalized spacial score (nSPS) is 13.9. The second kappa shape index (κ2) is 7.81. The van der Waals surface area contributed by atoms with Crippen LogP contribution < -0.4 is 14.5 Å². The summed E-state index contributed by atoms with van der Waals surface area (Å²) in [6, 6.07) is 10.3. The average molecular weight is 445 g/mol. The van der Waals surface area contributed by atoms with Crippen molar-refractivity contribution in [3.8, 4) is 5.88 Å². The first-order valence-corrected chi connectivity index (χ1v) is 9.68. The van der Waals surface area contributed by atoms with Crippen LogP contribution in [0.3, 0.4) is 0 Å². The van der Waals surface area contributed by atoms with Crippen molar-refractivity contribution in [1.29, 1.82) is 0 Å². The first-order chi connectivity index (χ1) is 15.1. The smallest absolute Gasteiger partial charge is 0.416 e. The van der Waals surface area contributed by atoms with Crippen molar-refractivity contribution in [3.63, 3.8) is 0 Å². The van der Waals surface area contributed by atoms with Crippen LogP contribution in [-0.4, -0.2) is 24.7 Å². The molecule has 1 aliphatic heterocycles. The Morgan fingerprint density at radius 2 is 1.66 bits per heavy atom. The number of fused-ring (bicyclic) bond motifs is 1. The quantitative estimate of drug-likeness (QED) is 0.491. The number of methoxy groups -OCH3 is 1. The average Bonchev–Trinajstić information content (AvgIpc) is 2.74. The van der Waals surface area contributed by atoms with Crippen molar-refractivity contribution in [2.75, 3.05) is 23.6 Å². The van der Waals surface area contributed by atoms with Gasteiger partial charge in [-0.05, 0) is 61.9 Å². The number of halogens is 4. The van der Waals surface area contributed by atoms with Crippen LogP contribution in [0.25, 0.3) is 0 Å². The largest absolute Gasteiger partial charge is 0.481 e. The predicted octanol–water partition coefficient (Wildman–Crippen LogP) is 5.62. The van der Waals surface area contributed by atoms with Gasteiger partial charge < -0.3 is 9.64 Å². The second-order valence-electron chi connectivity index (χ2n) is 7.42. The molecule has 0 N–H and O–H groups in total. The molecule has 0 bridgehead atoms. The third-order valence-electron chi connectivity index (χ3n) is 5.36. The van der Waals surface area contributed by atoms with E-state index in [0.29, 0.717) is 28.5 Å². The maximum absolute atomic E-state index is 13.7. The summed E-state index contributed by atoms with van der Waals surface area (Å²) in [5.74, 6) is -0.548. The van der Waals surface area contributed by atoms with E-state index in [0.717, 1.165) is 12.1 Å². The fourth-order valence-corrected chi connectivity index (χ4v) is 3.78. The summed E-state index contributed by atoms with van der Waals surface area (Å²) in [5.41, 5.74) is 1.36. The van der Waals surface area contributed by atoms with Gasteiger partial charge in [0.15, 0.2) is 0 Å². The zero-order chi connectivity index (χ0) is 23.2. The molecule has 1 aromatic heterocycles. The minimum atomic E-state index is -4.57. The Balaban J connectivity index is 1.90. The standard InChI is InChI=1S/C23H19F4N3O2/c1-13-10-16(24)5-7-18(13)29-12-30(19-8-9-21(32-3)28-14(19)2)22(31)17-6-4-15(11-20(17)29)23(25,26)27/h4-11H,12H2,1-3H3. The summed E-state index contributed by atoms with van der Waals surface area (Å²) in [4.78, 5) is 20.6. The number of hydrogen-bond donors (Lipinski definition) is 0. The number of aromatic nitrogens is 1. The van der Waals surface area contributed by atoms with Crippen molar-refractivity contribution in [1.82, 2.24) is 4.98 Å². The van der Waals surface area contributed by atoms with Gasteiger partial charge in [-0.3, -0.25) is 9.69 Å². The number of alkyl halides is 3. The van der Waals surface area contributed by atoms with Gasteiger partial charge in [-0.15, -0.1) is 0 Å². The molecule has 0 fully saturated rings. The van der Waals surface area contributed by atoms with Crippen LogP contribution in [-0.2, 0) is 6.18 Å². The monoisotopic (exact) mass is 445 g/mol. The van der Waals surface area contributed by atoms with Gasteiger partial charge in [-0.2, -0.15) is 13.2 Å². The number of aryl methyl sites for hydroxylation is 2. The highest BCUT2D eigenvalue weighted by atomic mass is 19.4. The molecule has 0 saturated heterocycles. The van der Waals surface area contributed by atoms with Gasteiger partial charge in [-0.1, -0.05) is 0 Å². The lowest BCUT2D eigenvalue weighted by Gasteiger charge is -2.39. The molecule has 1 aliphatic rings. The molecule has 2 heterocycles. The van der Waals surface area contributed by atoms with Crippen LogP contribution >= 0.6 is 0 Å². The zero-order valence-electron chi connectivity index (χ0n) is 17.5. The molecular weight excluding hydrogens is 426 g/mol. The van der Waals surface area contributed by atoms with Crippen LogP contribution in [0.2, 0.25) is 0 Å². The maximum Gasteiger partial charge on any atom is 0.416 e. The summed E-state index contributed by atoms with van der Waals surface area (Å²) < 4.78 is 59.0. The highest BCUT2D eigenvalue weighted by Gasteiger charge is 2.37. The van der Waals surface area contributed by atoms with Gasteiger partial charge >= 0.3 is 6.18 Å². The number of ether oxygens (including phenoxy) is 1. The van der Waals surface area contributed by atoms with Crippen molar-refractivity contribution in [2.24, 2.45) is 0 Å². The Morgan fingerprint density at radius 3 is 2.28 bits per heavy atom. The molecule has 0 unspecified atom stereocenters. The van der Waals surface area contributed by atoms with Gasteiger partial charge in [0.1, 0.15) is 12.5 Å². The van der Waals surface area contributed by atoms with Crippen molar-refractivity contribution in [2.45, 2.75) is 20.0 Å². The number of rotatable bonds is 3. The molecule has 1 amide bonds. The van der Waals surface area contributed by atoms with Crippen LogP contribution in [0.5, 0.6) is 5.88 Å². The molecule has 0 atom stereocenters. The third-order valence-corrected chi connectivity index (χ3v) is 5.36. The second-order valence-corrected chi connectivity index (χ2v) is 7.42. The number of nitrogens with zero attached hydrogens (tertiary/aromatic N) is 3. The summed E-state index contributed by atoms with van der Waals surface area (Å²) in [6.45, 7) is 3.29. The van der Waals surface area contributed by atoms with Gasteiger partial charge in [0, 0.05) is 11.8 Å². The molecule has 0 radical (unpaired) electrons. The predicted molar refractivity (Wildman–Crippen MR) is 112 cm³/mol. The van der Waals surface area contributed by atoms with Crippen LogP contribution in [0, 0.1) is 19.7 Å². The van der Waals surface area contributed by atoms with E-state index in [2.05, 4.69) is 4.98 Å². The van der Waals surface area contributed by atoms with Crippen molar-refractivity contribution in [3.05, 3.63) is 76.7 Å². The Kier molecular flexibility index (Phi) is 5.28. The minimum absolute atomic E-state index is 0.0749. The molecule has 4 rings (SSSR count). The molecular formula is C23H19F4N3O2. The maximum atomic E-state index is 13.7. The first kappa shape index (κ1) is 21.6. The molecule has 3 aromatic rings. The molecule has 0 aliphatic carbocycles. The molecule has 9 heteroatoms. The van der Waals surface area contributed by atoms with Crippen LogP contribution in [0.15, 0.2) is 48.5 Å². The molecule has 32 heavy (non-hydrogen) atoms. The van der Waals surface area contributed by atoms with E-state index in [1.807, 2.05) is 0 Å². The van der Waals surface area contributed by atoms with Gasteiger partial charge in [0.05, 0.1) is 35.3 Å². The first-order valence-electron chi connectivity index (χ1n) is 9.68. The van der Waals surface area contributed by atoms with Gasteiger partial charge in [0.2, 0.25) is 5.88 Å². The van der Waals surface area contributed by atoms with E-state index < -0.39 is 23.5 Å². The summed E-state index contributed by atoms with van der Waals surface area (Å²) in [7, 11) is 1.47. The highest BCUT2D eigenvalue weighted by molar-refractivity contribution is 6.12. The lowest BCUT2D eigenvalue weighted by molar-refractivity contribution is -0.137. The van der Waals surface area contributed by atoms with E-state index in [1.165, 1.54) is 36.3 Å². The summed E-state index contributed by atoms with van der Waals surface area (Å²) in [5, 5.41) is 0. The molecule has 166 valence electrons. The van der Waals surface area contributed by atoms with Gasteiger partial charge in [-0.25, -0.2) is 9.37 Å². The zero-order valence-corrected chi connectivity index (χ0v) is 17.5. The Morgan fingerprint density at radius 1 is 0.938 bits per heavy atom. The number of anilines is 3. The Labute approximate surface area is 181 Å². The fourth-order valence-electron chi connectivity index (χ4n) is 3.78. The van der Waals surface area contributed by atoms with E-state index in [-0.39, 0.29) is 17.9 Å². The highest BCUT2D eigenvalue weighted by Crippen LogP contribution is 2.41. The minimum Gasteiger partial charge on any atom is -0.481 e. The van der Waals surface area contributed by atoms with Crippen molar-refractivity contribution >= 4 is 23.0 Å². The number of hydrogen-bond acceptors (Lipinski definition) is 4. The van der Waals surface area contributed by atoms with Crippen LogP contribution in [0.4, 0.5) is 34.6 Å². The number of carbonyl (C=O) groups is 1. The SMILES string of the molecule is COc1ccc(N2CN(c3ccc(F)cc3C)c3cc(C(F)(F)F)ccc3C2=O)c(C)n1. The lowest BCUT2D eigenvalue weighted by Crippen LogP contribution is -2.45. The summed E-state index contributed by atoms with van der Waals surface area (Å²) >= 11 is 0. The van der Waals surface area contributed by atoms with E-state index in [4.69, 9.17) is 4.74 Å². The van der Waals surface area contributed by atoms with E-state index >= 15 is 0 Å². The number of carbonyl (C=O) groups excluding carboxylic acids is 1. The van der Waals surface area contributed by atoms with Gasteiger partial charge in [0.25, 0.3) is 5.91 Å². The number of benzene rings is 2. The number of pyridine rings is 1. The number of amides is 1. The molecule has 0 saturated carbocycles. The summed E-state index contributed by atoms with van der Waals surface area (Å²) in [6.07, 6.45) is -4.57. The van der Waals surface area contributed by atoms with Crippen LogP contribution in [0.1, 0.15) is 27.2 Å². The molecule has 0 spiro atoms. The Hall–Kier alpha value is -3.62.